The first-order valence-electron chi connectivity index (χ1n) is 6.05. The molecule has 1 N–H and O–H groups in total. The highest BCUT2D eigenvalue weighted by atomic mass is 32.1. The van der Waals surface area contributed by atoms with E-state index in [-0.39, 0.29) is 17.6 Å². The summed E-state index contributed by atoms with van der Waals surface area (Å²) in [5.74, 6) is 0. The first kappa shape index (κ1) is 12.7. The first-order valence-corrected chi connectivity index (χ1v) is 6.46. The molecule has 1 fully saturated rings. The van der Waals surface area contributed by atoms with Crippen molar-refractivity contribution in [2.45, 2.75) is 37.9 Å². The van der Waals surface area contributed by atoms with Gasteiger partial charge in [0.1, 0.15) is 11.1 Å². The van der Waals surface area contributed by atoms with Crippen molar-refractivity contribution >= 4 is 23.4 Å². The number of aryl methyl sites for hydroxylation is 2. The maximum atomic E-state index is 13.3. The van der Waals surface area contributed by atoms with Gasteiger partial charge in [0.15, 0.2) is 10.4 Å². The minimum atomic E-state index is -4.29. The molecule has 8 heteroatoms. The Morgan fingerprint density at radius 3 is 2.53 bits per heavy atom. The number of hydrogen-bond donors (Lipinski definition) is 1. The lowest BCUT2D eigenvalue weighted by atomic mass is 10.2. The number of aromatic nitrogens is 4. The standard InChI is InChI=1S/C11H13F3N4S/c1-3-6-7-8(17(2)16-6)18(9(19)15-7)10(4-5-10)11(12,13)14/h3-5H2,1-2H3,(H,15,19). The van der Waals surface area contributed by atoms with Crippen molar-refractivity contribution in [3.63, 3.8) is 0 Å². The molecule has 19 heavy (non-hydrogen) atoms. The van der Waals surface area contributed by atoms with E-state index in [1.807, 2.05) is 6.92 Å². The van der Waals surface area contributed by atoms with Crippen LogP contribution in [-0.2, 0) is 19.0 Å². The smallest absolute Gasteiger partial charge is 0.328 e. The monoisotopic (exact) mass is 290 g/mol. The van der Waals surface area contributed by atoms with Crippen LogP contribution < -0.4 is 0 Å². The third kappa shape index (κ3) is 1.52. The molecule has 0 aliphatic heterocycles. The van der Waals surface area contributed by atoms with Gasteiger partial charge in [0.05, 0.1) is 5.69 Å². The molecular formula is C11H13F3N4S. The molecule has 1 aliphatic rings. The van der Waals surface area contributed by atoms with E-state index >= 15 is 0 Å². The minimum absolute atomic E-state index is 0.0738. The molecule has 0 saturated heterocycles. The topological polar surface area (TPSA) is 38.5 Å². The quantitative estimate of drug-likeness (QED) is 0.863. The van der Waals surface area contributed by atoms with Gasteiger partial charge >= 0.3 is 6.18 Å². The summed E-state index contributed by atoms with van der Waals surface area (Å²) in [6.45, 7) is 1.91. The predicted octanol–water partition coefficient (Wildman–Crippen LogP) is 3.05. The molecule has 0 radical (unpaired) electrons. The van der Waals surface area contributed by atoms with E-state index in [1.165, 1.54) is 9.25 Å². The Morgan fingerprint density at radius 1 is 1.42 bits per heavy atom. The average molecular weight is 290 g/mol. The van der Waals surface area contributed by atoms with Crippen molar-refractivity contribution in [3.8, 4) is 0 Å². The lowest BCUT2D eigenvalue weighted by Gasteiger charge is -2.21. The summed E-state index contributed by atoms with van der Waals surface area (Å²) >= 11 is 5.10. The van der Waals surface area contributed by atoms with Crippen LogP contribution in [0.5, 0.6) is 0 Å². The molecule has 1 aliphatic carbocycles. The molecule has 1 saturated carbocycles. The number of H-pyrrole nitrogens is 1. The van der Waals surface area contributed by atoms with Gasteiger partial charge in [-0.1, -0.05) is 6.92 Å². The second-order valence-corrected chi connectivity index (χ2v) is 5.30. The van der Waals surface area contributed by atoms with Crippen molar-refractivity contribution in [3.05, 3.63) is 10.5 Å². The Kier molecular flexibility index (Phi) is 2.42. The molecule has 0 bridgehead atoms. The molecule has 104 valence electrons. The Labute approximate surface area is 112 Å². The highest BCUT2D eigenvalue weighted by Crippen LogP contribution is 2.56. The molecule has 2 aromatic heterocycles. The van der Waals surface area contributed by atoms with Gasteiger partial charge in [0.2, 0.25) is 0 Å². The SMILES string of the molecule is CCc1nn(C)c2c1[nH]c(=S)n2C1(C(F)(F)F)CC1. The summed E-state index contributed by atoms with van der Waals surface area (Å²) < 4.78 is 42.6. The van der Waals surface area contributed by atoms with E-state index in [1.54, 1.807) is 7.05 Å². The lowest BCUT2D eigenvalue weighted by molar-refractivity contribution is -0.179. The zero-order valence-electron chi connectivity index (χ0n) is 10.5. The van der Waals surface area contributed by atoms with Gasteiger partial charge in [0, 0.05) is 7.05 Å². The van der Waals surface area contributed by atoms with Gasteiger partial charge in [-0.25, -0.2) is 0 Å². The van der Waals surface area contributed by atoms with Crippen LogP contribution in [0.4, 0.5) is 13.2 Å². The Balaban J connectivity index is 2.34. The van der Waals surface area contributed by atoms with Crippen LogP contribution in [0.1, 0.15) is 25.5 Å². The van der Waals surface area contributed by atoms with Crippen LogP contribution in [-0.4, -0.2) is 25.5 Å². The summed E-state index contributed by atoms with van der Waals surface area (Å²) in [5.41, 5.74) is -0.0660. The van der Waals surface area contributed by atoms with Gasteiger partial charge in [0.25, 0.3) is 0 Å². The van der Waals surface area contributed by atoms with Crippen molar-refractivity contribution in [2.24, 2.45) is 7.05 Å². The summed E-state index contributed by atoms with van der Waals surface area (Å²) in [5, 5.41) is 4.24. The third-order valence-electron chi connectivity index (χ3n) is 3.75. The van der Waals surface area contributed by atoms with Crippen LogP contribution in [0, 0.1) is 4.77 Å². The van der Waals surface area contributed by atoms with Crippen molar-refractivity contribution < 1.29 is 13.2 Å². The van der Waals surface area contributed by atoms with E-state index < -0.39 is 11.7 Å². The third-order valence-corrected chi connectivity index (χ3v) is 4.04. The Bertz CT molecular complexity index is 702. The fraction of sp³-hybridized carbons (Fsp3) is 0.636. The van der Waals surface area contributed by atoms with Crippen LogP contribution in [0.25, 0.3) is 11.2 Å². The average Bonchev–Trinajstić information content (AvgIpc) is 2.97. The molecule has 2 aromatic rings. The first-order chi connectivity index (χ1) is 8.82. The molecule has 0 aromatic carbocycles. The minimum Gasteiger partial charge on any atom is -0.328 e. The zero-order chi connectivity index (χ0) is 14.0. The maximum Gasteiger partial charge on any atom is 0.412 e. The van der Waals surface area contributed by atoms with Crippen LogP contribution >= 0.6 is 12.2 Å². The highest BCUT2D eigenvalue weighted by Gasteiger charge is 2.66. The van der Waals surface area contributed by atoms with E-state index in [0.717, 1.165) is 5.69 Å². The van der Waals surface area contributed by atoms with Gasteiger partial charge in [-0.05, 0) is 31.5 Å². The number of aromatic amines is 1. The Hall–Kier alpha value is -1.31. The lowest BCUT2D eigenvalue weighted by Crippen LogP contribution is -2.35. The number of fused-ring (bicyclic) bond motifs is 1. The highest BCUT2D eigenvalue weighted by molar-refractivity contribution is 7.71. The molecule has 0 atom stereocenters. The second-order valence-electron chi connectivity index (χ2n) is 4.92. The fourth-order valence-electron chi connectivity index (χ4n) is 2.61. The molecule has 0 unspecified atom stereocenters. The van der Waals surface area contributed by atoms with Gasteiger partial charge < -0.3 is 4.98 Å². The summed E-state index contributed by atoms with van der Waals surface area (Å²) in [6, 6.07) is 0. The van der Waals surface area contributed by atoms with Crippen molar-refractivity contribution in [1.29, 1.82) is 0 Å². The predicted molar refractivity (Wildman–Crippen MR) is 66.5 cm³/mol. The molecule has 3 rings (SSSR count). The molecular weight excluding hydrogens is 277 g/mol. The van der Waals surface area contributed by atoms with Crippen molar-refractivity contribution in [1.82, 2.24) is 19.3 Å². The molecule has 2 heterocycles. The molecule has 0 amide bonds. The van der Waals surface area contributed by atoms with Gasteiger partial charge in [-0.3, -0.25) is 9.25 Å². The number of rotatable bonds is 2. The maximum absolute atomic E-state index is 13.3. The number of halogens is 3. The molecule has 4 nitrogen and oxygen atoms in total. The van der Waals surface area contributed by atoms with Crippen LogP contribution in [0.3, 0.4) is 0 Å². The Morgan fingerprint density at radius 2 is 2.05 bits per heavy atom. The van der Waals surface area contributed by atoms with E-state index in [4.69, 9.17) is 12.2 Å². The van der Waals surface area contributed by atoms with Gasteiger partial charge in [-0.2, -0.15) is 18.3 Å². The van der Waals surface area contributed by atoms with E-state index in [9.17, 15) is 13.2 Å². The number of nitrogens with one attached hydrogen (secondary N) is 1. The van der Waals surface area contributed by atoms with Gasteiger partial charge in [-0.15, -0.1) is 0 Å². The number of imidazole rings is 1. The second kappa shape index (κ2) is 3.62. The summed E-state index contributed by atoms with van der Waals surface area (Å²) in [7, 11) is 1.65. The van der Waals surface area contributed by atoms with Crippen LogP contribution in [0.15, 0.2) is 0 Å². The largest absolute Gasteiger partial charge is 0.412 e. The fourth-order valence-corrected chi connectivity index (χ4v) is 2.97. The number of alkyl halides is 3. The zero-order valence-corrected chi connectivity index (χ0v) is 11.3. The normalized spacial score (nSPS) is 18.2. The number of hydrogen-bond acceptors (Lipinski definition) is 2. The van der Waals surface area contributed by atoms with Crippen LogP contribution in [0.2, 0.25) is 0 Å². The van der Waals surface area contributed by atoms with E-state index in [2.05, 4.69) is 10.1 Å². The van der Waals surface area contributed by atoms with Crippen molar-refractivity contribution in [2.75, 3.05) is 0 Å². The van der Waals surface area contributed by atoms with E-state index in [0.29, 0.717) is 17.6 Å². The molecule has 0 spiro atoms. The number of nitrogens with zero attached hydrogens (tertiary/aromatic N) is 3. The summed E-state index contributed by atoms with van der Waals surface area (Å²) in [4.78, 5) is 2.88. The summed E-state index contributed by atoms with van der Waals surface area (Å²) in [6.07, 6.45) is -3.50.